The van der Waals surface area contributed by atoms with Crippen LogP contribution in [0.2, 0.25) is 0 Å². The van der Waals surface area contributed by atoms with Gasteiger partial charge < -0.3 is 15.8 Å². The molecule has 0 atom stereocenters. The number of ether oxygens (including phenoxy) is 1. The number of hydrogen-bond acceptors (Lipinski definition) is 7. The first-order valence-electron chi connectivity index (χ1n) is 7.39. The normalized spacial score (nSPS) is 15.9. The number of rotatable bonds is 5. The average molecular weight is 303 g/mol. The lowest BCUT2D eigenvalue weighted by molar-refractivity contribution is 0.0398. The second kappa shape index (κ2) is 6.71. The lowest BCUT2D eigenvalue weighted by Crippen LogP contribution is -2.39. The summed E-state index contributed by atoms with van der Waals surface area (Å²) in [4.78, 5) is 11.1. The number of nitrogens with one attached hydrogen (secondary N) is 1. The summed E-state index contributed by atoms with van der Waals surface area (Å²) < 4.78 is 6.96. The van der Waals surface area contributed by atoms with Crippen molar-refractivity contribution in [2.45, 2.75) is 0 Å². The van der Waals surface area contributed by atoms with Crippen LogP contribution in [-0.2, 0) is 11.8 Å². The number of nitrogen functional groups attached to an aromatic ring is 1. The van der Waals surface area contributed by atoms with Gasteiger partial charge in [0.05, 0.1) is 30.7 Å². The maximum atomic E-state index is 5.98. The standard InChI is InChI=1S/C14H21N7O/c1-20-13(15)11(10-18-20)12-2-3-16-14(19-12)17-4-5-21-6-8-22-9-7-21/h2-3,10H,4-9,15H2,1H3,(H,16,17,19). The van der Waals surface area contributed by atoms with Gasteiger partial charge in [0, 0.05) is 39.4 Å². The molecule has 3 N–H and O–H groups in total. The first-order valence-corrected chi connectivity index (χ1v) is 7.39. The topological polar surface area (TPSA) is 94.1 Å². The van der Waals surface area contributed by atoms with Gasteiger partial charge in [-0.2, -0.15) is 5.10 Å². The zero-order valence-corrected chi connectivity index (χ0v) is 12.7. The molecule has 2 aromatic heterocycles. The van der Waals surface area contributed by atoms with E-state index in [1.807, 2.05) is 13.1 Å². The molecular weight excluding hydrogens is 282 g/mol. The average Bonchev–Trinajstić information content (AvgIpc) is 2.88. The number of hydrogen-bond donors (Lipinski definition) is 2. The van der Waals surface area contributed by atoms with Crippen molar-refractivity contribution in [1.82, 2.24) is 24.6 Å². The molecule has 1 aliphatic heterocycles. The van der Waals surface area contributed by atoms with Crippen LogP contribution in [0.4, 0.5) is 11.8 Å². The lowest BCUT2D eigenvalue weighted by Gasteiger charge is -2.26. The van der Waals surface area contributed by atoms with E-state index in [0.717, 1.165) is 50.7 Å². The number of anilines is 2. The Morgan fingerprint density at radius 2 is 2.18 bits per heavy atom. The molecule has 3 rings (SSSR count). The summed E-state index contributed by atoms with van der Waals surface area (Å²) in [6.07, 6.45) is 3.45. The number of nitrogens with zero attached hydrogens (tertiary/aromatic N) is 5. The SMILES string of the molecule is Cn1ncc(-c2ccnc(NCCN3CCOCC3)n2)c1N. The fraction of sp³-hybridized carbons (Fsp3) is 0.500. The van der Waals surface area contributed by atoms with E-state index in [1.54, 1.807) is 17.1 Å². The van der Waals surface area contributed by atoms with Gasteiger partial charge in [0.1, 0.15) is 5.82 Å². The van der Waals surface area contributed by atoms with Gasteiger partial charge >= 0.3 is 0 Å². The number of morpholine rings is 1. The van der Waals surface area contributed by atoms with Crippen molar-refractivity contribution in [3.63, 3.8) is 0 Å². The van der Waals surface area contributed by atoms with Gasteiger partial charge in [0.15, 0.2) is 0 Å². The van der Waals surface area contributed by atoms with E-state index in [9.17, 15) is 0 Å². The fourth-order valence-electron chi connectivity index (χ4n) is 2.39. The highest BCUT2D eigenvalue weighted by Gasteiger charge is 2.11. The number of nitrogens with two attached hydrogens (primary N) is 1. The monoisotopic (exact) mass is 303 g/mol. The third kappa shape index (κ3) is 3.34. The Kier molecular flexibility index (Phi) is 4.50. The predicted molar refractivity (Wildman–Crippen MR) is 84.4 cm³/mol. The second-order valence-electron chi connectivity index (χ2n) is 5.21. The van der Waals surface area contributed by atoms with Crippen LogP contribution < -0.4 is 11.1 Å². The van der Waals surface area contributed by atoms with E-state index < -0.39 is 0 Å². The molecule has 0 spiro atoms. The molecule has 0 bridgehead atoms. The summed E-state index contributed by atoms with van der Waals surface area (Å²) >= 11 is 0. The molecule has 118 valence electrons. The Morgan fingerprint density at radius 1 is 1.36 bits per heavy atom. The van der Waals surface area contributed by atoms with Crippen LogP contribution in [-0.4, -0.2) is 64.0 Å². The molecule has 0 saturated carbocycles. The molecule has 1 saturated heterocycles. The van der Waals surface area contributed by atoms with E-state index in [1.165, 1.54) is 0 Å². The molecule has 1 aliphatic rings. The van der Waals surface area contributed by atoms with Crippen molar-refractivity contribution in [2.24, 2.45) is 7.05 Å². The van der Waals surface area contributed by atoms with Crippen molar-refractivity contribution < 1.29 is 4.74 Å². The van der Waals surface area contributed by atoms with Gasteiger partial charge in [-0.1, -0.05) is 0 Å². The highest BCUT2D eigenvalue weighted by atomic mass is 16.5. The van der Waals surface area contributed by atoms with Crippen LogP contribution in [0, 0.1) is 0 Å². The van der Waals surface area contributed by atoms with E-state index >= 15 is 0 Å². The van der Waals surface area contributed by atoms with E-state index in [-0.39, 0.29) is 0 Å². The third-order valence-corrected chi connectivity index (χ3v) is 3.73. The Morgan fingerprint density at radius 3 is 2.91 bits per heavy atom. The maximum absolute atomic E-state index is 5.98. The highest BCUT2D eigenvalue weighted by Crippen LogP contribution is 2.23. The Labute approximate surface area is 129 Å². The summed E-state index contributed by atoms with van der Waals surface area (Å²) in [7, 11) is 1.81. The van der Waals surface area contributed by atoms with Crippen molar-refractivity contribution in [2.75, 3.05) is 50.4 Å². The Balaban J connectivity index is 1.60. The molecule has 0 amide bonds. The van der Waals surface area contributed by atoms with Crippen molar-refractivity contribution in [3.8, 4) is 11.3 Å². The van der Waals surface area contributed by atoms with Crippen molar-refractivity contribution in [3.05, 3.63) is 18.5 Å². The van der Waals surface area contributed by atoms with Gasteiger partial charge in [0.2, 0.25) is 5.95 Å². The van der Waals surface area contributed by atoms with Gasteiger partial charge in [-0.3, -0.25) is 9.58 Å². The minimum Gasteiger partial charge on any atom is -0.383 e. The fourth-order valence-corrected chi connectivity index (χ4v) is 2.39. The minimum absolute atomic E-state index is 0.595. The molecule has 0 aliphatic carbocycles. The van der Waals surface area contributed by atoms with E-state index in [4.69, 9.17) is 10.5 Å². The van der Waals surface area contributed by atoms with Gasteiger partial charge in [-0.25, -0.2) is 9.97 Å². The van der Waals surface area contributed by atoms with Crippen LogP contribution in [0.3, 0.4) is 0 Å². The van der Waals surface area contributed by atoms with E-state index in [2.05, 4.69) is 25.3 Å². The van der Waals surface area contributed by atoms with Crippen LogP contribution in [0.15, 0.2) is 18.5 Å². The second-order valence-corrected chi connectivity index (χ2v) is 5.21. The van der Waals surface area contributed by atoms with Gasteiger partial charge in [0.25, 0.3) is 0 Å². The molecule has 3 heterocycles. The first kappa shape index (κ1) is 14.7. The van der Waals surface area contributed by atoms with E-state index in [0.29, 0.717) is 11.8 Å². The largest absolute Gasteiger partial charge is 0.383 e. The summed E-state index contributed by atoms with van der Waals surface area (Å²) in [6.45, 7) is 5.33. The number of aromatic nitrogens is 4. The van der Waals surface area contributed by atoms with Crippen molar-refractivity contribution >= 4 is 11.8 Å². The Hall–Kier alpha value is -2.19. The summed E-state index contributed by atoms with van der Waals surface area (Å²) in [5, 5.41) is 7.39. The van der Waals surface area contributed by atoms with Crippen molar-refractivity contribution in [1.29, 1.82) is 0 Å². The first-order chi connectivity index (χ1) is 10.7. The predicted octanol–water partition coefficient (Wildman–Crippen LogP) is 0.203. The molecular formula is C14H21N7O. The molecule has 0 aromatic carbocycles. The molecule has 8 nitrogen and oxygen atoms in total. The third-order valence-electron chi connectivity index (χ3n) is 3.73. The highest BCUT2D eigenvalue weighted by molar-refractivity contribution is 5.70. The Bertz CT molecular complexity index is 621. The summed E-state index contributed by atoms with van der Waals surface area (Å²) in [5.74, 6) is 1.20. The lowest BCUT2D eigenvalue weighted by atomic mass is 10.2. The molecule has 22 heavy (non-hydrogen) atoms. The summed E-state index contributed by atoms with van der Waals surface area (Å²) in [6, 6.07) is 1.83. The zero-order chi connectivity index (χ0) is 15.4. The molecule has 2 aromatic rings. The van der Waals surface area contributed by atoms with Crippen LogP contribution in [0.5, 0.6) is 0 Å². The zero-order valence-electron chi connectivity index (χ0n) is 12.7. The molecule has 8 heteroatoms. The summed E-state index contributed by atoms with van der Waals surface area (Å²) in [5.41, 5.74) is 7.58. The van der Waals surface area contributed by atoms with Gasteiger partial charge in [-0.05, 0) is 6.07 Å². The van der Waals surface area contributed by atoms with Gasteiger partial charge in [-0.15, -0.1) is 0 Å². The molecule has 0 unspecified atom stereocenters. The van der Waals surface area contributed by atoms with Crippen LogP contribution >= 0.6 is 0 Å². The number of aryl methyl sites for hydroxylation is 1. The quantitative estimate of drug-likeness (QED) is 0.815. The maximum Gasteiger partial charge on any atom is 0.223 e. The van der Waals surface area contributed by atoms with Crippen LogP contribution in [0.1, 0.15) is 0 Å². The smallest absolute Gasteiger partial charge is 0.223 e. The molecule has 1 fully saturated rings. The van der Waals surface area contributed by atoms with Crippen LogP contribution in [0.25, 0.3) is 11.3 Å². The minimum atomic E-state index is 0.595. The molecule has 0 radical (unpaired) electrons.